The number of rotatable bonds is 2. The second kappa shape index (κ2) is 3.70. The van der Waals surface area contributed by atoms with E-state index in [1.807, 2.05) is 30.2 Å². The average molecular weight is 232 g/mol. The minimum absolute atomic E-state index is 0.0290. The number of hydrogen-bond donors (Lipinski definition) is 1. The standard InChI is InChI=1S/C12H16N4O/c1-12(4-6-17-7-12)15-11-10-9(3-5-13-11)16(2)8-14-10/h3,5,8H,4,6-7H2,1-2H3,(H,13,15). The van der Waals surface area contributed by atoms with Crippen molar-refractivity contribution in [2.45, 2.75) is 18.9 Å². The Kier molecular flexibility index (Phi) is 2.29. The Morgan fingerprint density at radius 1 is 1.47 bits per heavy atom. The van der Waals surface area contributed by atoms with Crippen LogP contribution >= 0.6 is 0 Å². The number of pyridine rings is 1. The van der Waals surface area contributed by atoms with Crippen molar-refractivity contribution in [1.82, 2.24) is 14.5 Å². The normalized spacial score (nSPS) is 24.4. The fraction of sp³-hybridized carbons (Fsp3) is 0.500. The molecule has 5 nitrogen and oxygen atoms in total. The number of hydrogen-bond acceptors (Lipinski definition) is 4. The molecule has 1 saturated heterocycles. The Hall–Kier alpha value is -1.62. The van der Waals surface area contributed by atoms with Gasteiger partial charge in [0.1, 0.15) is 5.52 Å². The molecule has 0 aromatic carbocycles. The van der Waals surface area contributed by atoms with Crippen molar-refractivity contribution in [3.63, 3.8) is 0 Å². The van der Waals surface area contributed by atoms with Crippen LogP contribution in [-0.4, -0.2) is 33.3 Å². The van der Waals surface area contributed by atoms with Crippen LogP contribution in [0.2, 0.25) is 0 Å². The van der Waals surface area contributed by atoms with Crippen LogP contribution in [0.5, 0.6) is 0 Å². The van der Waals surface area contributed by atoms with Crippen molar-refractivity contribution in [3.05, 3.63) is 18.6 Å². The Bertz CT molecular complexity index is 542. The lowest BCUT2D eigenvalue weighted by Gasteiger charge is -2.24. The molecule has 17 heavy (non-hydrogen) atoms. The lowest BCUT2D eigenvalue weighted by atomic mass is 10.0. The van der Waals surface area contributed by atoms with Crippen molar-refractivity contribution >= 4 is 16.9 Å². The van der Waals surface area contributed by atoms with Gasteiger partial charge >= 0.3 is 0 Å². The van der Waals surface area contributed by atoms with Gasteiger partial charge in [-0.1, -0.05) is 0 Å². The summed E-state index contributed by atoms with van der Waals surface area (Å²) >= 11 is 0. The summed E-state index contributed by atoms with van der Waals surface area (Å²) in [7, 11) is 1.99. The van der Waals surface area contributed by atoms with E-state index in [1.54, 1.807) is 0 Å². The van der Waals surface area contributed by atoms with Crippen LogP contribution < -0.4 is 5.32 Å². The second-order valence-corrected chi connectivity index (χ2v) is 4.87. The summed E-state index contributed by atoms with van der Waals surface area (Å²) in [6.07, 6.45) is 4.62. The largest absolute Gasteiger partial charge is 0.379 e. The summed E-state index contributed by atoms with van der Waals surface area (Å²) in [5, 5.41) is 3.46. The van der Waals surface area contributed by atoms with Gasteiger partial charge in [-0.3, -0.25) is 0 Å². The maximum absolute atomic E-state index is 5.43. The van der Waals surface area contributed by atoms with E-state index in [2.05, 4.69) is 22.2 Å². The van der Waals surface area contributed by atoms with E-state index in [1.165, 1.54) is 0 Å². The first-order valence-corrected chi connectivity index (χ1v) is 5.80. The molecule has 0 spiro atoms. The fourth-order valence-electron chi connectivity index (χ4n) is 2.21. The number of nitrogens with one attached hydrogen (secondary N) is 1. The first-order chi connectivity index (χ1) is 8.18. The van der Waals surface area contributed by atoms with E-state index in [-0.39, 0.29) is 5.54 Å². The summed E-state index contributed by atoms with van der Waals surface area (Å²) in [5.74, 6) is 0.844. The van der Waals surface area contributed by atoms with Crippen molar-refractivity contribution in [2.75, 3.05) is 18.5 Å². The summed E-state index contributed by atoms with van der Waals surface area (Å²) in [4.78, 5) is 8.77. The predicted octanol–water partition coefficient (Wildman–Crippen LogP) is 1.56. The zero-order valence-electron chi connectivity index (χ0n) is 10.1. The molecule has 1 aliphatic rings. The second-order valence-electron chi connectivity index (χ2n) is 4.87. The van der Waals surface area contributed by atoms with E-state index < -0.39 is 0 Å². The predicted molar refractivity (Wildman–Crippen MR) is 66.0 cm³/mol. The maximum atomic E-state index is 5.43. The molecule has 1 atom stereocenters. The SMILES string of the molecule is Cn1cnc2c(NC3(C)CCOC3)nccc21. The molecule has 2 aromatic rings. The van der Waals surface area contributed by atoms with Gasteiger partial charge in [-0.25, -0.2) is 9.97 Å². The van der Waals surface area contributed by atoms with Crippen molar-refractivity contribution in [2.24, 2.45) is 7.05 Å². The molecule has 0 amide bonds. The topological polar surface area (TPSA) is 52.0 Å². The van der Waals surface area contributed by atoms with Gasteiger partial charge in [0, 0.05) is 19.9 Å². The van der Waals surface area contributed by atoms with Crippen LogP contribution in [0.25, 0.3) is 11.0 Å². The highest BCUT2D eigenvalue weighted by Crippen LogP contribution is 2.26. The van der Waals surface area contributed by atoms with Crippen LogP contribution in [0.1, 0.15) is 13.3 Å². The van der Waals surface area contributed by atoms with Gasteiger partial charge in [-0.2, -0.15) is 0 Å². The van der Waals surface area contributed by atoms with Crippen molar-refractivity contribution in [1.29, 1.82) is 0 Å². The average Bonchev–Trinajstić information content (AvgIpc) is 2.88. The Morgan fingerprint density at radius 2 is 2.35 bits per heavy atom. The van der Waals surface area contributed by atoms with Gasteiger partial charge in [-0.15, -0.1) is 0 Å². The smallest absolute Gasteiger partial charge is 0.154 e. The van der Waals surface area contributed by atoms with Crippen LogP contribution in [0, 0.1) is 0 Å². The highest BCUT2D eigenvalue weighted by Gasteiger charge is 2.30. The molecule has 3 rings (SSSR count). The molecule has 90 valence electrons. The molecule has 1 N–H and O–H groups in total. The summed E-state index contributed by atoms with van der Waals surface area (Å²) in [6.45, 7) is 3.68. The van der Waals surface area contributed by atoms with Gasteiger partial charge in [-0.05, 0) is 19.4 Å². The number of anilines is 1. The zero-order chi connectivity index (χ0) is 11.9. The molecule has 0 bridgehead atoms. The maximum Gasteiger partial charge on any atom is 0.154 e. The minimum Gasteiger partial charge on any atom is -0.379 e. The third-order valence-electron chi connectivity index (χ3n) is 3.28. The first-order valence-electron chi connectivity index (χ1n) is 5.80. The molecule has 3 heterocycles. The van der Waals surface area contributed by atoms with E-state index >= 15 is 0 Å². The number of aromatic nitrogens is 3. The Balaban J connectivity index is 2.00. The molecule has 1 unspecified atom stereocenters. The van der Waals surface area contributed by atoms with Crippen molar-refractivity contribution < 1.29 is 4.74 Å². The Morgan fingerprint density at radius 3 is 3.12 bits per heavy atom. The van der Waals surface area contributed by atoms with E-state index in [9.17, 15) is 0 Å². The van der Waals surface area contributed by atoms with Crippen LogP contribution in [0.4, 0.5) is 5.82 Å². The van der Waals surface area contributed by atoms with Gasteiger partial charge in [0.25, 0.3) is 0 Å². The number of aryl methyl sites for hydroxylation is 1. The van der Waals surface area contributed by atoms with Crippen molar-refractivity contribution in [3.8, 4) is 0 Å². The van der Waals surface area contributed by atoms with Gasteiger partial charge < -0.3 is 14.6 Å². The summed E-state index contributed by atoms with van der Waals surface area (Å²) < 4.78 is 7.43. The molecule has 2 aromatic heterocycles. The van der Waals surface area contributed by atoms with E-state index in [4.69, 9.17) is 4.74 Å². The molecule has 0 radical (unpaired) electrons. The zero-order valence-corrected chi connectivity index (χ0v) is 10.1. The van der Waals surface area contributed by atoms with Gasteiger partial charge in [0.05, 0.1) is 24.0 Å². The lowest BCUT2D eigenvalue weighted by Crippen LogP contribution is -2.35. The molecular formula is C12H16N4O. The monoisotopic (exact) mass is 232 g/mol. The fourth-order valence-corrected chi connectivity index (χ4v) is 2.21. The summed E-state index contributed by atoms with van der Waals surface area (Å²) in [6, 6.07) is 1.97. The number of ether oxygens (including phenoxy) is 1. The highest BCUT2D eigenvalue weighted by atomic mass is 16.5. The molecular weight excluding hydrogens is 216 g/mol. The van der Waals surface area contributed by atoms with Gasteiger partial charge in [0.2, 0.25) is 0 Å². The third kappa shape index (κ3) is 1.76. The first kappa shape index (κ1) is 10.5. The van der Waals surface area contributed by atoms with E-state index in [0.717, 1.165) is 36.5 Å². The van der Waals surface area contributed by atoms with Crippen LogP contribution in [0.3, 0.4) is 0 Å². The number of imidazole rings is 1. The van der Waals surface area contributed by atoms with Crippen LogP contribution in [0.15, 0.2) is 18.6 Å². The highest BCUT2D eigenvalue weighted by molar-refractivity contribution is 5.86. The molecule has 0 aliphatic carbocycles. The molecule has 1 fully saturated rings. The lowest BCUT2D eigenvalue weighted by molar-refractivity contribution is 0.185. The van der Waals surface area contributed by atoms with E-state index in [0.29, 0.717) is 0 Å². The third-order valence-corrected chi connectivity index (χ3v) is 3.28. The Labute approximate surface area is 99.8 Å². The minimum atomic E-state index is -0.0290. The number of nitrogens with zero attached hydrogens (tertiary/aromatic N) is 3. The summed E-state index contributed by atoms with van der Waals surface area (Å²) in [5.41, 5.74) is 1.98. The number of fused-ring (bicyclic) bond motifs is 1. The molecule has 1 aliphatic heterocycles. The van der Waals surface area contributed by atoms with Crippen LogP contribution in [-0.2, 0) is 11.8 Å². The molecule has 5 heteroatoms. The molecule has 0 saturated carbocycles. The quantitative estimate of drug-likeness (QED) is 0.853. The van der Waals surface area contributed by atoms with Gasteiger partial charge in [0.15, 0.2) is 5.82 Å².